The summed E-state index contributed by atoms with van der Waals surface area (Å²) in [5.41, 5.74) is 0.687. The summed E-state index contributed by atoms with van der Waals surface area (Å²) in [6.45, 7) is 0. The summed E-state index contributed by atoms with van der Waals surface area (Å²) in [5.74, 6) is 0. The van der Waals surface area contributed by atoms with E-state index in [4.69, 9.17) is 8.83 Å². The molecule has 0 aliphatic rings. The molecule has 55 heavy (non-hydrogen) atoms. The molecule has 0 saturated carbocycles. The number of fused-ring (bicyclic) bond motifs is 7. The van der Waals surface area contributed by atoms with Crippen molar-refractivity contribution < 1.29 is 25.3 Å². The molecular weight excluding hydrogens is 671 g/mol. The van der Waals surface area contributed by atoms with Gasteiger partial charge in [0.25, 0.3) is 0 Å². The summed E-state index contributed by atoms with van der Waals surface area (Å²) in [5, 5.41) is 4.10. The number of anilines is 3. The smallest absolute Gasteiger partial charge is 0.143 e. The van der Waals surface area contributed by atoms with Gasteiger partial charge >= 0.3 is 0 Å². The summed E-state index contributed by atoms with van der Waals surface area (Å²) in [4.78, 5) is 0.832. The lowest BCUT2D eigenvalue weighted by atomic mass is 9.97. The van der Waals surface area contributed by atoms with Crippen LogP contribution in [0.3, 0.4) is 0 Å². The Bertz CT molecular complexity index is 3840. The van der Waals surface area contributed by atoms with Crippen molar-refractivity contribution in [1.29, 1.82) is 0 Å². The number of hydrogen-bond acceptors (Lipinski definition) is 3. The minimum absolute atomic E-state index is 0.0559. The zero-order valence-corrected chi connectivity index (χ0v) is 28.9. The molecule has 9 aromatic carbocycles. The predicted molar refractivity (Wildman–Crippen MR) is 229 cm³/mol. The number of para-hydroxylation sites is 3. The van der Waals surface area contributed by atoms with Gasteiger partial charge in [-0.05, 0) is 93.0 Å². The van der Waals surface area contributed by atoms with Gasteiger partial charge in [0.05, 0.1) is 16.4 Å². The Morgan fingerprint density at radius 1 is 0.345 bits per heavy atom. The maximum Gasteiger partial charge on any atom is 0.143 e. The molecule has 258 valence electrons. The second-order valence-electron chi connectivity index (χ2n) is 13.1. The van der Waals surface area contributed by atoms with Gasteiger partial charge in [-0.2, -0.15) is 0 Å². The summed E-state index contributed by atoms with van der Waals surface area (Å²) in [7, 11) is 0. The first-order valence-corrected chi connectivity index (χ1v) is 17.7. The number of furan rings is 2. The molecule has 0 unspecified atom stereocenters. The SMILES string of the molecule is [2H]c1c([2H])c(N(c2c([2H])c([2H])c(-c3cccc4c3oc3ccccc34)c([2H])c2[2H])c2c([2H])c([2H])c(-c3cccc4oc5ccccc5c34)c([2H])c2[2H])c([2H])c([2H])c1-c1cccc2ccccc12. The highest BCUT2D eigenvalue weighted by molar-refractivity contribution is 6.12. The van der Waals surface area contributed by atoms with Gasteiger partial charge in [0.1, 0.15) is 22.3 Å². The van der Waals surface area contributed by atoms with E-state index in [0.29, 0.717) is 55.0 Å². The maximum absolute atomic E-state index is 9.67. The second-order valence-corrected chi connectivity index (χ2v) is 13.1. The van der Waals surface area contributed by atoms with Gasteiger partial charge < -0.3 is 13.7 Å². The average Bonchev–Trinajstić information content (AvgIpc) is 3.92. The zero-order chi connectivity index (χ0) is 46.7. The standard InChI is InChI=1S/C52H33NO2/c1-2-12-41-34(10-1)11-7-15-42(41)35-22-28-38(29-23-35)53(39-30-24-36(25-31-39)43-16-9-21-50-51(43)47-14-4-6-20-49(47)54-50)40-32-26-37(27-33-40)44-17-8-18-46-45-13-3-5-19-48(45)55-52(44)46/h1-33H/i22D,23D,24D,25D,26D,27D,28D,29D,30D,31D,32D,33D. The third-order valence-electron chi connectivity index (χ3n) is 9.91. The molecule has 0 spiro atoms. The third-order valence-corrected chi connectivity index (χ3v) is 9.91. The van der Waals surface area contributed by atoms with Crippen LogP contribution in [0.2, 0.25) is 0 Å². The first-order chi connectivity index (χ1) is 32.3. The van der Waals surface area contributed by atoms with Crippen molar-refractivity contribution in [3.63, 3.8) is 0 Å². The molecule has 0 bridgehead atoms. The van der Waals surface area contributed by atoms with Crippen LogP contribution in [0.1, 0.15) is 16.4 Å². The largest absolute Gasteiger partial charge is 0.456 e. The fraction of sp³-hybridized carbons (Fsp3) is 0. The molecule has 0 aliphatic carbocycles. The van der Waals surface area contributed by atoms with Crippen LogP contribution in [0.4, 0.5) is 17.1 Å². The van der Waals surface area contributed by atoms with E-state index in [-0.39, 0.29) is 22.3 Å². The van der Waals surface area contributed by atoms with Crippen LogP contribution in [-0.4, -0.2) is 0 Å². The highest BCUT2D eigenvalue weighted by atomic mass is 16.3. The molecule has 2 aromatic heterocycles. The quantitative estimate of drug-likeness (QED) is 0.172. The van der Waals surface area contributed by atoms with Crippen LogP contribution >= 0.6 is 0 Å². The first kappa shape index (κ1) is 21.4. The lowest BCUT2D eigenvalue weighted by Gasteiger charge is -2.26. The van der Waals surface area contributed by atoms with E-state index in [0.717, 1.165) is 15.7 Å². The Kier molecular flexibility index (Phi) is 4.91. The van der Waals surface area contributed by atoms with Gasteiger partial charge in [0.15, 0.2) is 0 Å². The number of rotatable bonds is 6. The second kappa shape index (κ2) is 12.6. The predicted octanol–water partition coefficient (Wildman–Crippen LogP) is 15.1. The van der Waals surface area contributed by atoms with E-state index >= 15 is 0 Å². The van der Waals surface area contributed by atoms with Gasteiger partial charge in [-0.25, -0.2) is 0 Å². The maximum atomic E-state index is 9.67. The molecule has 11 aromatic rings. The molecule has 0 N–H and O–H groups in total. The number of hydrogen-bond donors (Lipinski definition) is 0. The van der Waals surface area contributed by atoms with Crippen LogP contribution in [0, 0.1) is 0 Å². The van der Waals surface area contributed by atoms with Crippen molar-refractivity contribution in [3.8, 4) is 33.4 Å². The highest BCUT2D eigenvalue weighted by Gasteiger charge is 2.17. The number of nitrogens with zero attached hydrogens (tertiary/aromatic N) is 1. The normalized spacial score (nSPS) is 14.7. The molecule has 2 heterocycles. The van der Waals surface area contributed by atoms with Crippen LogP contribution in [0.15, 0.2) is 209 Å². The van der Waals surface area contributed by atoms with E-state index in [1.807, 2.05) is 54.6 Å². The number of benzene rings is 9. The van der Waals surface area contributed by atoms with Crippen molar-refractivity contribution in [2.75, 3.05) is 4.90 Å². The molecule has 11 rings (SSSR count). The Morgan fingerprint density at radius 2 is 0.800 bits per heavy atom. The summed E-state index contributed by atoms with van der Waals surface area (Å²) < 4.78 is 127. The van der Waals surface area contributed by atoms with Gasteiger partial charge in [-0.3, -0.25) is 0 Å². The van der Waals surface area contributed by atoms with E-state index in [1.165, 1.54) is 0 Å². The highest BCUT2D eigenvalue weighted by Crippen LogP contribution is 2.42. The summed E-state index contributed by atoms with van der Waals surface area (Å²) >= 11 is 0. The monoisotopic (exact) mass is 715 g/mol. The van der Waals surface area contributed by atoms with E-state index < -0.39 is 89.6 Å². The minimum atomic E-state index is -0.713. The molecule has 3 heteroatoms. The fourth-order valence-corrected chi connectivity index (χ4v) is 7.36. The lowest BCUT2D eigenvalue weighted by Crippen LogP contribution is -2.09. The van der Waals surface area contributed by atoms with Crippen LogP contribution in [0.25, 0.3) is 88.0 Å². The van der Waals surface area contributed by atoms with E-state index in [9.17, 15) is 16.4 Å². The Balaban J connectivity index is 1.22. The molecule has 0 atom stereocenters. The molecule has 0 fully saturated rings. The van der Waals surface area contributed by atoms with E-state index in [1.54, 1.807) is 72.8 Å². The van der Waals surface area contributed by atoms with Crippen molar-refractivity contribution in [2.45, 2.75) is 0 Å². The van der Waals surface area contributed by atoms with Crippen molar-refractivity contribution >= 4 is 71.7 Å². The Morgan fingerprint density at radius 3 is 1.51 bits per heavy atom. The average molecular weight is 716 g/mol. The van der Waals surface area contributed by atoms with Crippen molar-refractivity contribution in [2.24, 2.45) is 0 Å². The van der Waals surface area contributed by atoms with E-state index in [2.05, 4.69) is 0 Å². The van der Waals surface area contributed by atoms with Gasteiger partial charge in [-0.15, -0.1) is 0 Å². The first-order valence-electron chi connectivity index (χ1n) is 23.7. The summed E-state index contributed by atoms with van der Waals surface area (Å²) in [6.07, 6.45) is 0. The molecule has 3 nitrogen and oxygen atoms in total. The summed E-state index contributed by atoms with van der Waals surface area (Å²) in [6, 6.07) is 29.8. The van der Waals surface area contributed by atoms with Crippen LogP contribution < -0.4 is 4.90 Å². The molecule has 0 aliphatic heterocycles. The van der Waals surface area contributed by atoms with Gasteiger partial charge in [-0.1, -0.05) is 145 Å². The molecular formula is C52H33NO2. The van der Waals surface area contributed by atoms with Crippen LogP contribution in [-0.2, 0) is 0 Å². The Hall–Kier alpha value is -7.36. The van der Waals surface area contributed by atoms with Gasteiger partial charge in [0, 0.05) is 44.2 Å². The van der Waals surface area contributed by atoms with Gasteiger partial charge in [0.2, 0.25) is 0 Å². The lowest BCUT2D eigenvalue weighted by molar-refractivity contribution is 0.669. The zero-order valence-electron chi connectivity index (χ0n) is 40.9. The van der Waals surface area contributed by atoms with Crippen molar-refractivity contribution in [1.82, 2.24) is 0 Å². The molecule has 0 amide bonds. The molecule has 0 saturated heterocycles. The topological polar surface area (TPSA) is 29.5 Å². The third kappa shape index (κ3) is 5.20. The van der Waals surface area contributed by atoms with Crippen LogP contribution in [0.5, 0.6) is 0 Å². The minimum Gasteiger partial charge on any atom is -0.456 e. The molecule has 0 radical (unpaired) electrons. The fourth-order valence-electron chi connectivity index (χ4n) is 7.36. The van der Waals surface area contributed by atoms with Crippen molar-refractivity contribution in [3.05, 3.63) is 200 Å². The Labute approximate surface area is 334 Å².